The Bertz CT molecular complexity index is 3320. The van der Waals surface area contributed by atoms with Crippen LogP contribution < -0.4 is 4.74 Å². The van der Waals surface area contributed by atoms with Crippen molar-refractivity contribution in [1.29, 1.82) is 0 Å². The molecule has 266 valence electrons. The Morgan fingerprint density at radius 2 is 1.05 bits per heavy atom. The Labute approximate surface area is 326 Å². The highest BCUT2D eigenvalue weighted by atomic mass is 16.5. The van der Waals surface area contributed by atoms with Crippen molar-refractivity contribution in [3.05, 3.63) is 176 Å². The quantitative estimate of drug-likeness (QED) is 0.175. The van der Waals surface area contributed by atoms with Crippen molar-refractivity contribution in [3.8, 4) is 73.7 Å². The summed E-state index contributed by atoms with van der Waals surface area (Å²) in [7, 11) is 0. The standard InChI is InChI=1S/C50H29N5O2/c1-4-13-30(14-5-1)38-29-39(31-15-6-2-7-16-31)52-49(51-38)46-45-37-28-34(24-26-42(37)57-50(45)54-48(53-46)32-17-8-3-9-18-32)33-23-25-40-36(27-33)35-19-12-22-44-47(35)55(40)41-20-10-11-21-43(41)56-44/h1-29H. The lowest BCUT2D eigenvalue weighted by molar-refractivity contribution is 0.476. The van der Waals surface area contributed by atoms with Crippen LogP contribution in [0.3, 0.4) is 0 Å². The highest BCUT2D eigenvalue weighted by molar-refractivity contribution is 6.14. The number of nitrogens with zero attached hydrogens (tertiary/aromatic N) is 5. The van der Waals surface area contributed by atoms with E-state index in [1.165, 1.54) is 0 Å². The third kappa shape index (κ3) is 4.99. The summed E-state index contributed by atoms with van der Waals surface area (Å²) in [6.45, 7) is 0. The van der Waals surface area contributed by atoms with Gasteiger partial charge in [-0.15, -0.1) is 0 Å². The monoisotopic (exact) mass is 731 g/mol. The van der Waals surface area contributed by atoms with E-state index in [0.717, 1.165) is 89.0 Å². The van der Waals surface area contributed by atoms with E-state index in [1.54, 1.807) is 0 Å². The summed E-state index contributed by atoms with van der Waals surface area (Å²) in [6, 6.07) is 59.8. The third-order valence-electron chi connectivity index (χ3n) is 10.9. The van der Waals surface area contributed by atoms with E-state index in [4.69, 9.17) is 29.1 Å². The van der Waals surface area contributed by atoms with Gasteiger partial charge in [0.2, 0.25) is 5.71 Å². The zero-order chi connectivity index (χ0) is 37.5. The molecule has 0 atom stereocenters. The molecule has 1 aliphatic heterocycles. The number of ether oxygens (including phenoxy) is 1. The van der Waals surface area contributed by atoms with Crippen LogP contribution in [-0.4, -0.2) is 24.5 Å². The number of aromatic nitrogens is 5. The molecule has 7 nitrogen and oxygen atoms in total. The SMILES string of the molecule is c1ccc(-c2cc(-c3ccccc3)nc(-c3nc(-c4ccccc4)nc4oc5ccc(-c6ccc7c(c6)c6cccc8c6n7-c6ccccc6O8)cc5c34)n2)cc1. The van der Waals surface area contributed by atoms with Crippen LogP contribution in [0.4, 0.5) is 0 Å². The van der Waals surface area contributed by atoms with E-state index in [1.807, 2.05) is 97.1 Å². The van der Waals surface area contributed by atoms with Gasteiger partial charge in [-0.1, -0.05) is 127 Å². The van der Waals surface area contributed by atoms with E-state index in [-0.39, 0.29) is 0 Å². The highest BCUT2D eigenvalue weighted by Crippen LogP contribution is 2.46. The second-order valence-corrected chi connectivity index (χ2v) is 14.2. The van der Waals surface area contributed by atoms with Crippen molar-refractivity contribution in [1.82, 2.24) is 24.5 Å². The molecule has 57 heavy (non-hydrogen) atoms. The van der Waals surface area contributed by atoms with Crippen LogP contribution in [0.2, 0.25) is 0 Å². The molecule has 0 amide bonds. The number of hydrogen-bond acceptors (Lipinski definition) is 6. The van der Waals surface area contributed by atoms with Gasteiger partial charge in [-0.05, 0) is 59.7 Å². The van der Waals surface area contributed by atoms with Gasteiger partial charge in [-0.3, -0.25) is 0 Å². The molecular weight excluding hydrogens is 703 g/mol. The lowest BCUT2D eigenvalue weighted by atomic mass is 10.00. The molecule has 0 saturated carbocycles. The molecule has 0 N–H and O–H groups in total. The normalized spacial score (nSPS) is 12.0. The van der Waals surface area contributed by atoms with E-state index in [9.17, 15) is 0 Å². The van der Waals surface area contributed by atoms with Gasteiger partial charge in [-0.25, -0.2) is 15.0 Å². The van der Waals surface area contributed by atoms with E-state index in [0.29, 0.717) is 28.6 Å². The first-order chi connectivity index (χ1) is 28.2. The molecule has 0 fully saturated rings. The minimum atomic E-state index is 0.476. The lowest BCUT2D eigenvalue weighted by Crippen LogP contribution is -2.03. The first kappa shape index (κ1) is 31.5. The molecule has 12 rings (SSSR count). The number of hydrogen-bond donors (Lipinski definition) is 0. The van der Waals surface area contributed by atoms with E-state index < -0.39 is 0 Å². The fourth-order valence-electron chi connectivity index (χ4n) is 8.20. The first-order valence-corrected chi connectivity index (χ1v) is 18.9. The largest absolute Gasteiger partial charge is 0.453 e. The Kier molecular flexibility index (Phi) is 6.79. The van der Waals surface area contributed by atoms with Crippen molar-refractivity contribution in [2.24, 2.45) is 0 Å². The molecule has 0 radical (unpaired) electrons. The topological polar surface area (TPSA) is 78.9 Å². The maximum absolute atomic E-state index is 6.57. The van der Waals surface area contributed by atoms with Crippen LogP contribution in [0.15, 0.2) is 180 Å². The summed E-state index contributed by atoms with van der Waals surface area (Å²) < 4.78 is 15.3. The number of furan rings is 1. The molecule has 0 bridgehead atoms. The Balaban J connectivity index is 1.09. The number of benzene rings is 7. The van der Waals surface area contributed by atoms with Gasteiger partial charge in [0.25, 0.3) is 0 Å². The Morgan fingerprint density at radius 1 is 0.421 bits per heavy atom. The van der Waals surface area contributed by atoms with Crippen molar-refractivity contribution in [2.75, 3.05) is 0 Å². The minimum absolute atomic E-state index is 0.476. The van der Waals surface area contributed by atoms with Crippen LogP contribution in [0.25, 0.3) is 106 Å². The summed E-state index contributed by atoms with van der Waals surface area (Å²) in [4.78, 5) is 20.6. The maximum atomic E-state index is 6.57. The van der Waals surface area contributed by atoms with Crippen LogP contribution >= 0.6 is 0 Å². The van der Waals surface area contributed by atoms with Gasteiger partial charge in [-0.2, -0.15) is 4.98 Å². The zero-order valence-corrected chi connectivity index (χ0v) is 30.3. The molecular formula is C50H29N5O2. The second-order valence-electron chi connectivity index (χ2n) is 14.2. The number of rotatable bonds is 5. The zero-order valence-electron chi connectivity index (χ0n) is 30.3. The Hall–Kier alpha value is -7.90. The van der Waals surface area contributed by atoms with E-state index >= 15 is 0 Å². The highest BCUT2D eigenvalue weighted by Gasteiger charge is 2.25. The lowest BCUT2D eigenvalue weighted by Gasteiger charge is -2.20. The summed E-state index contributed by atoms with van der Waals surface area (Å²) in [6.07, 6.45) is 0. The van der Waals surface area contributed by atoms with E-state index in [2.05, 4.69) is 83.4 Å². The van der Waals surface area contributed by atoms with Crippen LogP contribution in [0, 0.1) is 0 Å². The number of para-hydroxylation sites is 3. The maximum Gasteiger partial charge on any atom is 0.231 e. The average Bonchev–Trinajstić information content (AvgIpc) is 3.83. The van der Waals surface area contributed by atoms with Gasteiger partial charge < -0.3 is 13.7 Å². The van der Waals surface area contributed by atoms with Gasteiger partial charge in [0.1, 0.15) is 11.3 Å². The van der Waals surface area contributed by atoms with Gasteiger partial charge in [0, 0.05) is 32.8 Å². The first-order valence-electron chi connectivity index (χ1n) is 18.9. The molecule has 1 aliphatic rings. The summed E-state index contributed by atoms with van der Waals surface area (Å²) in [5, 5.41) is 3.94. The summed E-state index contributed by atoms with van der Waals surface area (Å²) in [5.74, 6) is 2.73. The fraction of sp³-hybridized carbons (Fsp3) is 0. The average molecular weight is 732 g/mol. The smallest absolute Gasteiger partial charge is 0.231 e. The van der Waals surface area contributed by atoms with Crippen molar-refractivity contribution < 1.29 is 9.15 Å². The third-order valence-corrected chi connectivity index (χ3v) is 10.9. The van der Waals surface area contributed by atoms with Gasteiger partial charge in [0.05, 0.1) is 33.5 Å². The van der Waals surface area contributed by atoms with Crippen LogP contribution in [0.1, 0.15) is 0 Å². The van der Waals surface area contributed by atoms with Crippen LogP contribution in [0.5, 0.6) is 11.5 Å². The second kappa shape index (κ2) is 12.3. The van der Waals surface area contributed by atoms with Gasteiger partial charge >= 0.3 is 0 Å². The van der Waals surface area contributed by atoms with Crippen molar-refractivity contribution in [2.45, 2.75) is 0 Å². The van der Waals surface area contributed by atoms with Gasteiger partial charge in [0.15, 0.2) is 23.1 Å². The molecule has 0 unspecified atom stereocenters. The predicted molar refractivity (Wildman–Crippen MR) is 226 cm³/mol. The van der Waals surface area contributed by atoms with Crippen LogP contribution in [-0.2, 0) is 0 Å². The molecule has 0 saturated heterocycles. The molecule has 7 heteroatoms. The van der Waals surface area contributed by atoms with Crippen molar-refractivity contribution in [3.63, 3.8) is 0 Å². The predicted octanol–water partition coefficient (Wildman–Crippen LogP) is 12.7. The Morgan fingerprint density at radius 3 is 1.79 bits per heavy atom. The molecule has 11 aromatic rings. The number of fused-ring (bicyclic) bond motifs is 8. The fourth-order valence-corrected chi connectivity index (χ4v) is 8.20. The van der Waals surface area contributed by atoms with Crippen molar-refractivity contribution >= 4 is 43.9 Å². The molecule has 0 spiro atoms. The summed E-state index contributed by atoms with van der Waals surface area (Å²) >= 11 is 0. The summed E-state index contributed by atoms with van der Waals surface area (Å²) in [5.41, 5.74) is 11.6. The molecule has 7 aromatic carbocycles. The molecule has 4 aromatic heterocycles. The minimum Gasteiger partial charge on any atom is -0.453 e. The molecule has 0 aliphatic carbocycles. The molecule has 5 heterocycles.